The molecule has 4 heteroatoms. The maximum atomic E-state index is 12.7. The number of hydrogen-bond donors (Lipinski definition) is 1. The first-order valence-electron chi connectivity index (χ1n) is 12.0. The van der Waals surface area contributed by atoms with Crippen molar-refractivity contribution >= 4 is 5.91 Å². The van der Waals surface area contributed by atoms with Crippen molar-refractivity contribution < 1.29 is 9.53 Å². The number of allylic oxidation sites excluding steroid dienone is 2. The topological polar surface area (TPSA) is 41.6 Å². The molecular formula is C27H38N2O2. The minimum Gasteiger partial charge on any atom is -0.496 e. The summed E-state index contributed by atoms with van der Waals surface area (Å²) in [6.07, 6.45) is 10.3. The number of para-hydroxylation sites is 1. The van der Waals surface area contributed by atoms with Crippen LogP contribution in [0.2, 0.25) is 0 Å². The fourth-order valence-corrected chi connectivity index (χ4v) is 5.55. The summed E-state index contributed by atoms with van der Waals surface area (Å²) in [4.78, 5) is 15.3. The van der Waals surface area contributed by atoms with Gasteiger partial charge in [-0.25, -0.2) is 0 Å². The molecule has 1 amide bonds. The van der Waals surface area contributed by atoms with E-state index in [0.29, 0.717) is 12.5 Å². The van der Waals surface area contributed by atoms with Crippen LogP contribution in [-0.4, -0.2) is 44.1 Å². The fourth-order valence-electron chi connectivity index (χ4n) is 5.55. The molecule has 1 aromatic carbocycles. The Balaban J connectivity index is 1.18. The largest absolute Gasteiger partial charge is 0.496 e. The number of rotatable bonds is 8. The van der Waals surface area contributed by atoms with Crippen LogP contribution in [0.3, 0.4) is 0 Å². The highest BCUT2D eigenvalue weighted by Crippen LogP contribution is 2.59. The molecule has 1 heterocycles. The van der Waals surface area contributed by atoms with Crippen LogP contribution in [0.4, 0.5) is 0 Å². The average Bonchev–Trinajstić information content (AvgIpc) is 3.49. The molecule has 2 aliphatic carbocycles. The zero-order valence-electron chi connectivity index (χ0n) is 19.3. The summed E-state index contributed by atoms with van der Waals surface area (Å²) in [6, 6.07) is 8.04. The first kappa shape index (κ1) is 22.1. The lowest BCUT2D eigenvalue weighted by molar-refractivity contribution is -0.123. The first-order valence-corrected chi connectivity index (χ1v) is 12.0. The van der Waals surface area contributed by atoms with Crippen molar-refractivity contribution in [2.75, 3.05) is 33.3 Å². The smallest absolute Gasteiger partial charge is 0.223 e. The minimum atomic E-state index is 0.220. The summed E-state index contributed by atoms with van der Waals surface area (Å²) >= 11 is 0. The maximum Gasteiger partial charge on any atom is 0.223 e. The molecule has 31 heavy (non-hydrogen) atoms. The van der Waals surface area contributed by atoms with Gasteiger partial charge in [0, 0.05) is 19.0 Å². The molecule has 0 radical (unpaired) electrons. The highest BCUT2D eigenvalue weighted by molar-refractivity contribution is 5.82. The Morgan fingerprint density at radius 1 is 1.29 bits per heavy atom. The van der Waals surface area contributed by atoms with Crippen molar-refractivity contribution in [3.05, 3.63) is 53.6 Å². The van der Waals surface area contributed by atoms with E-state index in [1.54, 1.807) is 12.7 Å². The molecule has 4 nitrogen and oxygen atoms in total. The lowest BCUT2D eigenvalue weighted by Gasteiger charge is -2.34. The fraction of sp³-hybridized carbons (Fsp3) is 0.593. The number of carbonyl (C=O) groups is 1. The molecule has 1 saturated heterocycles. The van der Waals surface area contributed by atoms with Crippen LogP contribution in [0.15, 0.2) is 48.1 Å². The normalized spacial score (nSPS) is 25.0. The molecule has 1 N–H and O–H groups in total. The van der Waals surface area contributed by atoms with Crippen LogP contribution in [0, 0.1) is 17.3 Å². The van der Waals surface area contributed by atoms with Gasteiger partial charge in [-0.2, -0.15) is 0 Å². The molecule has 1 aliphatic heterocycles. The zero-order chi connectivity index (χ0) is 21.8. The summed E-state index contributed by atoms with van der Waals surface area (Å²) in [6.45, 7) is 10.3. The van der Waals surface area contributed by atoms with E-state index in [4.69, 9.17) is 4.74 Å². The second-order valence-electron chi connectivity index (χ2n) is 9.93. The molecule has 2 fully saturated rings. The second-order valence-corrected chi connectivity index (χ2v) is 9.93. The van der Waals surface area contributed by atoms with Gasteiger partial charge in [0.25, 0.3) is 0 Å². The number of ether oxygens (including phenoxy) is 1. The molecule has 0 aromatic heterocycles. The Hall–Kier alpha value is -2.07. The number of nitrogens with one attached hydrogen (secondary N) is 1. The van der Waals surface area contributed by atoms with Gasteiger partial charge in [0.1, 0.15) is 5.75 Å². The molecule has 1 aromatic rings. The molecule has 1 spiro atoms. The van der Waals surface area contributed by atoms with Crippen molar-refractivity contribution in [1.82, 2.24) is 10.2 Å². The van der Waals surface area contributed by atoms with Gasteiger partial charge in [0.05, 0.1) is 7.11 Å². The number of hydrogen-bond acceptors (Lipinski definition) is 3. The van der Waals surface area contributed by atoms with Crippen LogP contribution >= 0.6 is 0 Å². The molecule has 3 aliphatic rings. The van der Waals surface area contributed by atoms with Gasteiger partial charge in [0.2, 0.25) is 5.91 Å². The molecular weight excluding hydrogens is 384 g/mol. The third-order valence-electron chi connectivity index (χ3n) is 7.87. The molecule has 0 bridgehead atoms. The second kappa shape index (κ2) is 9.60. The summed E-state index contributed by atoms with van der Waals surface area (Å²) in [5.74, 6) is 2.05. The molecule has 1 saturated carbocycles. The number of nitrogens with zero attached hydrogens (tertiary/aromatic N) is 1. The van der Waals surface area contributed by atoms with Crippen molar-refractivity contribution in [3.63, 3.8) is 0 Å². The van der Waals surface area contributed by atoms with E-state index in [-0.39, 0.29) is 17.2 Å². The van der Waals surface area contributed by atoms with Gasteiger partial charge in [-0.3, -0.25) is 9.69 Å². The number of benzene rings is 1. The van der Waals surface area contributed by atoms with Gasteiger partial charge in [0.15, 0.2) is 0 Å². The van der Waals surface area contributed by atoms with Crippen LogP contribution in [0.5, 0.6) is 5.75 Å². The van der Waals surface area contributed by atoms with E-state index in [1.165, 1.54) is 37.7 Å². The van der Waals surface area contributed by atoms with Gasteiger partial charge in [-0.05, 0) is 87.9 Å². The van der Waals surface area contributed by atoms with Gasteiger partial charge < -0.3 is 10.1 Å². The highest BCUT2D eigenvalue weighted by Gasteiger charge is 2.58. The van der Waals surface area contributed by atoms with Crippen molar-refractivity contribution in [1.29, 1.82) is 0 Å². The van der Waals surface area contributed by atoms with Crippen LogP contribution in [-0.2, 0) is 11.2 Å². The van der Waals surface area contributed by atoms with E-state index in [0.717, 1.165) is 43.8 Å². The van der Waals surface area contributed by atoms with Crippen molar-refractivity contribution in [3.8, 4) is 5.75 Å². The van der Waals surface area contributed by atoms with Gasteiger partial charge in [-0.1, -0.05) is 42.0 Å². The average molecular weight is 423 g/mol. The number of carbonyl (C=O) groups excluding carboxylic acids is 1. The molecule has 2 atom stereocenters. The SMILES string of the molecule is C=C(C)[C@@H]1CC=C(CN2CCC3(CC2)CC3C(=O)NCCc2ccccc2OC)CC1. The molecule has 1 unspecified atom stereocenters. The summed E-state index contributed by atoms with van der Waals surface area (Å²) in [5, 5.41) is 3.18. The van der Waals surface area contributed by atoms with Crippen LogP contribution in [0.25, 0.3) is 0 Å². The number of likely N-dealkylation sites (tertiary alicyclic amines) is 1. The van der Waals surface area contributed by atoms with Crippen LogP contribution in [0.1, 0.15) is 51.0 Å². The summed E-state index contributed by atoms with van der Waals surface area (Å²) in [5.41, 5.74) is 4.36. The Bertz CT molecular complexity index is 835. The van der Waals surface area contributed by atoms with E-state index < -0.39 is 0 Å². The van der Waals surface area contributed by atoms with Crippen molar-refractivity contribution in [2.45, 2.75) is 51.9 Å². The summed E-state index contributed by atoms with van der Waals surface area (Å²) < 4.78 is 5.41. The Kier molecular flexibility index (Phi) is 6.86. The highest BCUT2D eigenvalue weighted by atomic mass is 16.5. The number of methoxy groups -OCH3 is 1. The Labute approximate surface area is 187 Å². The monoisotopic (exact) mass is 422 g/mol. The maximum absolute atomic E-state index is 12.7. The molecule has 4 rings (SSSR count). The van der Waals surface area contributed by atoms with E-state index in [2.05, 4.69) is 35.9 Å². The predicted octanol–water partition coefficient (Wildman–Crippen LogP) is 4.76. The quantitative estimate of drug-likeness (QED) is 0.614. The third kappa shape index (κ3) is 5.23. The number of amides is 1. The van der Waals surface area contributed by atoms with Gasteiger partial charge >= 0.3 is 0 Å². The molecule has 168 valence electrons. The van der Waals surface area contributed by atoms with Crippen molar-refractivity contribution in [2.24, 2.45) is 17.3 Å². The lowest BCUT2D eigenvalue weighted by Crippen LogP contribution is -2.38. The lowest BCUT2D eigenvalue weighted by atomic mass is 9.85. The Morgan fingerprint density at radius 2 is 2.06 bits per heavy atom. The van der Waals surface area contributed by atoms with E-state index in [9.17, 15) is 4.79 Å². The zero-order valence-corrected chi connectivity index (χ0v) is 19.3. The number of piperidine rings is 1. The first-order chi connectivity index (χ1) is 15.0. The third-order valence-corrected chi connectivity index (χ3v) is 7.87. The van der Waals surface area contributed by atoms with Crippen LogP contribution < -0.4 is 10.1 Å². The van der Waals surface area contributed by atoms with E-state index in [1.807, 2.05) is 18.2 Å². The predicted molar refractivity (Wildman–Crippen MR) is 126 cm³/mol. The summed E-state index contributed by atoms with van der Waals surface area (Å²) in [7, 11) is 1.70. The van der Waals surface area contributed by atoms with Gasteiger partial charge in [-0.15, -0.1) is 0 Å². The minimum absolute atomic E-state index is 0.220. The Morgan fingerprint density at radius 3 is 2.74 bits per heavy atom. The standard InChI is InChI=1S/C27H38N2O2/c1-20(2)22-10-8-21(9-11-22)19-29-16-13-27(14-17-29)18-24(27)26(30)28-15-12-23-6-4-5-7-25(23)31-3/h4-8,22,24H,1,9-19H2,2-3H3,(H,28,30)/t22-,24?/m1/s1. The van der Waals surface area contributed by atoms with E-state index >= 15 is 0 Å².